The molecule has 0 bridgehead atoms. The van der Waals surface area contributed by atoms with E-state index in [1.54, 1.807) is 0 Å². The van der Waals surface area contributed by atoms with Gasteiger partial charge in [-0.2, -0.15) is 0 Å². The minimum absolute atomic E-state index is 0.343. The molecule has 0 N–H and O–H groups in total. The fourth-order valence-corrected chi connectivity index (χ4v) is 2.48. The Hall–Kier alpha value is -0.600. The van der Waals surface area contributed by atoms with Crippen molar-refractivity contribution < 1.29 is 18.9 Å². The van der Waals surface area contributed by atoms with Gasteiger partial charge in [0.2, 0.25) is 0 Å². The van der Waals surface area contributed by atoms with Crippen molar-refractivity contribution in [2.45, 2.75) is 71.1 Å². The Morgan fingerprint density at radius 1 is 0.520 bits per heavy atom. The van der Waals surface area contributed by atoms with Crippen molar-refractivity contribution in [3.8, 4) is 12.3 Å². The van der Waals surface area contributed by atoms with Gasteiger partial charge in [0.15, 0.2) is 0 Å². The van der Waals surface area contributed by atoms with E-state index in [2.05, 4.69) is 12.8 Å². The highest BCUT2D eigenvalue weighted by molar-refractivity contribution is 4.82. The normalized spacial score (nSPS) is 10.9. The van der Waals surface area contributed by atoms with Gasteiger partial charge in [0, 0.05) is 6.61 Å². The number of unbranched alkanes of at least 4 members (excludes halogenated alkanes) is 9. The first kappa shape index (κ1) is 24.4. The van der Waals surface area contributed by atoms with Gasteiger partial charge >= 0.3 is 0 Å². The lowest BCUT2D eigenvalue weighted by molar-refractivity contribution is 0.000914. The average molecular weight is 357 g/mol. The molecule has 0 atom stereocenters. The lowest BCUT2D eigenvalue weighted by atomic mass is 10.1. The molecule has 25 heavy (non-hydrogen) atoms. The van der Waals surface area contributed by atoms with E-state index in [-0.39, 0.29) is 0 Å². The Morgan fingerprint density at radius 2 is 0.920 bits per heavy atom. The SMILES string of the molecule is C#CCOCCOCCOCCOCCCCCCCCCCCC. The van der Waals surface area contributed by atoms with Crippen molar-refractivity contribution in [2.24, 2.45) is 0 Å². The van der Waals surface area contributed by atoms with Crippen LogP contribution in [0.25, 0.3) is 0 Å². The molecule has 0 aromatic rings. The van der Waals surface area contributed by atoms with Gasteiger partial charge in [0.1, 0.15) is 6.61 Å². The maximum absolute atomic E-state index is 5.57. The van der Waals surface area contributed by atoms with E-state index in [0.717, 1.165) is 13.0 Å². The highest BCUT2D eigenvalue weighted by Gasteiger charge is 1.94. The smallest absolute Gasteiger partial charge is 0.107 e. The van der Waals surface area contributed by atoms with E-state index in [1.165, 1.54) is 57.8 Å². The minimum atomic E-state index is 0.343. The van der Waals surface area contributed by atoms with Crippen LogP contribution in [0.4, 0.5) is 0 Å². The van der Waals surface area contributed by atoms with Gasteiger partial charge in [0.25, 0.3) is 0 Å². The summed E-state index contributed by atoms with van der Waals surface area (Å²) in [5.74, 6) is 2.41. The Balaban J connectivity index is 2.95. The van der Waals surface area contributed by atoms with Crippen LogP contribution in [0.1, 0.15) is 71.1 Å². The Labute approximate surface area is 155 Å². The number of ether oxygens (including phenoxy) is 4. The summed E-state index contributed by atoms with van der Waals surface area (Å²) in [7, 11) is 0. The number of hydrogen-bond acceptors (Lipinski definition) is 4. The fourth-order valence-electron chi connectivity index (χ4n) is 2.48. The van der Waals surface area contributed by atoms with Crippen LogP contribution in [0.2, 0.25) is 0 Å². The first-order chi connectivity index (χ1) is 12.4. The lowest BCUT2D eigenvalue weighted by Gasteiger charge is -2.07. The summed E-state index contributed by atoms with van der Waals surface area (Å²) in [6.45, 7) is 7.03. The molecule has 0 fully saturated rings. The molecule has 0 aromatic heterocycles. The predicted octanol–water partition coefficient (Wildman–Crippen LogP) is 4.61. The van der Waals surface area contributed by atoms with E-state index in [4.69, 9.17) is 25.4 Å². The van der Waals surface area contributed by atoms with E-state index in [9.17, 15) is 0 Å². The van der Waals surface area contributed by atoms with Crippen LogP contribution in [0, 0.1) is 12.3 Å². The molecule has 0 heterocycles. The van der Waals surface area contributed by atoms with Gasteiger partial charge in [-0.1, -0.05) is 70.6 Å². The molecule has 0 aliphatic heterocycles. The monoisotopic (exact) mass is 356 g/mol. The van der Waals surface area contributed by atoms with Crippen molar-refractivity contribution in [1.82, 2.24) is 0 Å². The highest BCUT2D eigenvalue weighted by atomic mass is 16.6. The largest absolute Gasteiger partial charge is 0.379 e. The molecular weight excluding hydrogens is 316 g/mol. The fraction of sp³-hybridized carbons (Fsp3) is 0.905. The molecular formula is C21H40O4. The van der Waals surface area contributed by atoms with E-state index >= 15 is 0 Å². The van der Waals surface area contributed by atoms with Crippen molar-refractivity contribution in [1.29, 1.82) is 0 Å². The first-order valence-corrected chi connectivity index (χ1v) is 10.2. The first-order valence-electron chi connectivity index (χ1n) is 10.2. The second-order valence-electron chi connectivity index (χ2n) is 6.28. The molecule has 0 saturated heterocycles. The van der Waals surface area contributed by atoms with Gasteiger partial charge in [-0.25, -0.2) is 0 Å². The Kier molecular flexibility index (Phi) is 22.8. The summed E-state index contributed by atoms with van der Waals surface area (Å²) >= 11 is 0. The van der Waals surface area contributed by atoms with Crippen LogP contribution in [0.15, 0.2) is 0 Å². The van der Waals surface area contributed by atoms with Crippen molar-refractivity contribution in [3.63, 3.8) is 0 Å². The molecule has 0 saturated carbocycles. The zero-order valence-electron chi connectivity index (χ0n) is 16.4. The van der Waals surface area contributed by atoms with E-state index < -0.39 is 0 Å². The van der Waals surface area contributed by atoms with Crippen molar-refractivity contribution in [2.75, 3.05) is 52.9 Å². The average Bonchev–Trinajstić information content (AvgIpc) is 2.63. The second-order valence-corrected chi connectivity index (χ2v) is 6.28. The van der Waals surface area contributed by atoms with Crippen LogP contribution in [-0.2, 0) is 18.9 Å². The molecule has 0 radical (unpaired) electrons. The molecule has 148 valence electrons. The molecule has 4 nitrogen and oxygen atoms in total. The second kappa shape index (κ2) is 23.4. The molecule has 4 heteroatoms. The van der Waals surface area contributed by atoms with Crippen LogP contribution in [-0.4, -0.2) is 52.9 Å². The van der Waals surface area contributed by atoms with Crippen LogP contribution in [0.3, 0.4) is 0 Å². The molecule has 0 aliphatic carbocycles. The summed E-state index contributed by atoms with van der Waals surface area (Å²) < 4.78 is 21.4. The standard InChI is InChI=1S/C21H40O4/c1-3-5-6-7-8-9-10-11-12-13-15-23-17-19-25-21-20-24-18-16-22-14-4-2/h2H,3,5-21H2,1H3. The Bertz CT molecular complexity index is 276. The highest BCUT2D eigenvalue weighted by Crippen LogP contribution is 2.10. The van der Waals surface area contributed by atoms with Gasteiger partial charge in [-0.15, -0.1) is 6.42 Å². The molecule has 0 aliphatic rings. The zero-order valence-corrected chi connectivity index (χ0v) is 16.4. The van der Waals surface area contributed by atoms with Crippen LogP contribution < -0.4 is 0 Å². The van der Waals surface area contributed by atoms with Crippen molar-refractivity contribution >= 4 is 0 Å². The van der Waals surface area contributed by atoms with Crippen LogP contribution >= 0.6 is 0 Å². The summed E-state index contributed by atoms with van der Waals surface area (Å²) in [6, 6.07) is 0. The molecule has 0 spiro atoms. The third kappa shape index (κ3) is 23.4. The minimum Gasteiger partial charge on any atom is -0.379 e. The summed E-state index contributed by atoms with van der Waals surface area (Å²) in [6.07, 6.45) is 18.6. The molecule has 0 unspecified atom stereocenters. The zero-order chi connectivity index (χ0) is 18.3. The maximum Gasteiger partial charge on any atom is 0.107 e. The Morgan fingerprint density at radius 3 is 1.40 bits per heavy atom. The topological polar surface area (TPSA) is 36.9 Å². The van der Waals surface area contributed by atoms with Gasteiger partial charge in [-0.05, 0) is 6.42 Å². The third-order valence-electron chi connectivity index (χ3n) is 3.94. The molecule has 0 aromatic carbocycles. The molecule has 0 amide bonds. The molecule has 0 rings (SSSR count). The maximum atomic E-state index is 5.57. The van der Waals surface area contributed by atoms with E-state index in [0.29, 0.717) is 46.2 Å². The van der Waals surface area contributed by atoms with Gasteiger partial charge in [-0.3, -0.25) is 0 Å². The lowest BCUT2D eigenvalue weighted by Crippen LogP contribution is -2.12. The predicted molar refractivity (Wildman–Crippen MR) is 104 cm³/mol. The summed E-state index contributed by atoms with van der Waals surface area (Å²) in [4.78, 5) is 0. The van der Waals surface area contributed by atoms with Crippen molar-refractivity contribution in [3.05, 3.63) is 0 Å². The third-order valence-corrected chi connectivity index (χ3v) is 3.94. The number of hydrogen-bond donors (Lipinski definition) is 0. The summed E-state index contributed by atoms with van der Waals surface area (Å²) in [5, 5.41) is 0. The quantitative estimate of drug-likeness (QED) is 0.222. The van der Waals surface area contributed by atoms with Gasteiger partial charge in [0.05, 0.1) is 39.6 Å². The summed E-state index contributed by atoms with van der Waals surface area (Å²) in [5.41, 5.74) is 0. The number of terminal acetylenes is 1. The van der Waals surface area contributed by atoms with Gasteiger partial charge < -0.3 is 18.9 Å². The van der Waals surface area contributed by atoms with Crippen LogP contribution in [0.5, 0.6) is 0 Å². The number of rotatable bonds is 21. The van der Waals surface area contributed by atoms with E-state index in [1.807, 2.05) is 0 Å².